The largest absolute Gasteiger partial charge is 0.490 e. The molecule has 0 atom stereocenters. The summed E-state index contributed by atoms with van der Waals surface area (Å²) in [5.74, 6) is 2.94. The number of nitrogens with zero attached hydrogens (tertiary/aromatic N) is 2. The van der Waals surface area contributed by atoms with Gasteiger partial charge in [0.15, 0.2) is 0 Å². The van der Waals surface area contributed by atoms with Crippen LogP contribution in [-0.4, -0.2) is 16.1 Å². The summed E-state index contributed by atoms with van der Waals surface area (Å²) in [7, 11) is 0. The van der Waals surface area contributed by atoms with E-state index in [2.05, 4.69) is 16.0 Å². The summed E-state index contributed by atoms with van der Waals surface area (Å²) >= 11 is 0. The van der Waals surface area contributed by atoms with Crippen molar-refractivity contribution in [3.8, 4) is 5.75 Å². The third-order valence-electron chi connectivity index (χ3n) is 5.56. The quantitative estimate of drug-likeness (QED) is 0.819. The highest BCUT2D eigenvalue weighted by atomic mass is 16.5. The number of benzene rings is 1. The van der Waals surface area contributed by atoms with Crippen LogP contribution in [0.5, 0.6) is 5.75 Å². The Hall–Kier alpha value is -1.64. The molecule has 0 unspecified atom stereocenters. The SMILES string of the molecule is c1ncc2cc(OC3CCC(C4CCCC4)CC3)ccc2n1. The van der Waals surface area contributed by atoms with E-state index in [1.54, 1.807) is 6.33 Å². The van der Waals surface area contributed by atoms with Crippen LogP contribution in [0.15, 0.2) is 30.7 Å². The molecule has 1 aromatic heterocycles. The molecule has 2 saturated carbocycles. The number of hydrogen-bond donors (Lipinski definition) is 0. The van der Waals surface area contributed by atoms with E-state index in [4.69, 9.17) is 4.74 Å². The third-order valence-corrected chi connectivity index (χ3v) is 5.56. The second-order valence-electron chi connectivity index (χ2n) is 6.94. The molecular weight excluding hydrogens is 272 g/mol. The van der Waals surface area contributed by atoms with Crippen LogP contribution in [0.1, 0.15) is 51.4 Å². The second kappa shape index (κ2) is 6.23. The second-order valence-corrected chi connectivity index (χ2v) is 6.94. The molecule has 3 heteroatoms. The molecule has 0 amide bonds. The van der Waals surface area contributed by atoms with Crippen molar-refractivity contribution >= 4 is 10.9 Å². The monoisotopic (exact) mass is 296 g/mol. The van der Waals surface area contributed by atoms with E-state index < -0.39 is 0 Å². The smallest absolute Gasteiger partial charge is 0.120 e. The molecule has 4 rings (SSSR count). The minimum Gasteiger partial charge on any atom is -0.490 e. The number of fused-ring (bicyclic) bond motifs is 1. The maximum Gasteiger partial charge on any atom is 0.120 e. The van der Waals surface area contributed by atoms with E-state index in [1.165, 1.54) is 51.4 Å². The minimum atomic E-state index is 0.389. The maximum atomic E-state index is 6.22. The lowest BCUT2D eigenvalue weighted by Gasteiger charge is -2.32. The molecule has 0 bridgehead atoms. The van der Waals surface area contributed by atoms with Crippen LogP contribution < -0.4 is 4.74 Å². The van der Waals surface area contributed by atoms with E-state index in [9.17, 15) is 0 Å². The summed E-state index contributed by atoms with van der Waals surface area (Å²) in [5.41, 5.74) is 0.979. The first-order chi connectivity index (χ1) is 10.9. The van der Waals surface area contributed by atoms with Crippen molar-refractivity contribution in [2.75, 3.05) is 0 Å². The van der Waals surface area contributed by atoms with Crippen molar-refractivity contribution in [3.63, 3.8) is 0 Å². The van der Waals surface area contributed by atoms with Gasteiger partial charge in [0.1, 0.15) is 12.1 Å². The predicted molar refractivity (Wildman–Crippen MR) is 87.9 cm³/mol. The lowest BCUT2D eigenvalue weighted by atomic mass is 9.78. The molecular formula is C19H24N2O. The predicted octanol–water partition coefficient (Wildman–Crippen LogP) is 4.76. The van der Waals surface area contributed by atoms with E-state index in [1.807, 2.05) is 18.3 Å². The highest BCUT2D eigenvalue weighted by Gasteiger charge is 2.30. The highest BCUT2D eigenvalue weighted by molar-refractivity contribution is 5.78. The summed E-state index contributed by atoms with van der Waals surface area (Å²) < 4.78 is 6.22. The maximum absolute atomic E-state index is 6.22. The van der Waals surface area contributed by atoms with E-state index in [0.29, 0.717) is 6.10 Å². The lowest BCUT2D eigenvalue weighted by Crippen LogP contribution is -2.27. The Labute approximate surface area is 132 Å². The van der Waals surface area contributed by atoms with E-state index in [-0.39, 0.29) is 0 Å². The van der Waals surface area contributed by atoms with Gasteiger partial charge in [-0.05, 0) is 55.7 Å². The Balaban J connectivity index is 1.37. The van der Waals surface area contributed by atoms with Gasteiger partial charge in [-0.25, -0.2) is 9.97 Å². The fourth-order valence-electron chi connectivity index (χ4n) is 4.34. The lowest BCUT2D eigenvalue weighted by molar-refractivity contribution is 0.111. The first kappa shape index (κ1) is 14.0. The first-order valence-corrected chi connectivity index (χ1v) is 8.75. The summed E-state index contributed by atoms with van der Waals surface area (Å²) in [5, 5.41) is 1.06. The number of hydrogen-bond acceptors (Lipinski definition) is 3. The van der Waals surface area contributed by atoms with Crippen LogP contribution in [0.3, 0.4) is 0 Å². The van der Waals surface area contributed by atoms with Gasteiger partial charge in [-0.1, -0.05) is 25.7 Å². The van der Waals surface area contributed by atoms with Crippen LogP contribution >= 0.6 is 0 Å². The van der Waals surface area contributed by atoms with E-state index >= 15 is 0 Å². The Kier molecular flexibility index (Phi) is 3.96. The first-order valence-electron chi connectivity index (χ1n) is 8.75. The summed E-state index contributed by atoms with van der Waals surface area (Å²) in [6, 6.07) is 6.13. The molecule has 1 aromatic carbocycles. The van der Waals surface area contributed by atoms with Gasteiger partial charge in [-0.3, -0.25) is 0 Å². The minimum absolute atomic E-state index is 0.389. The average Bonchev–Trinajstić information content (AvgIpc) is 3.10. The summed E-state index contributed by atoms with van der Waals surface area (Å²) in [6.45, 7) is 0. The number of rotatable bonds is 3. The fraction of sp³-hybridized carbons (Fsp3) is 0.579. The zero-order chi connectivity index (χ0) is 14.8. The molecule has 0 N–H and O–H groups in total. The zero-order valence-electron chi connectivity index (χ0n) is 13.1. The van der Waals surface area contributed by atoms with Gasteiger partial charge in [0, 0.05) is 11.6 Å². The Morgan fingerprint density at radius 3 is 2.50 bits per heavy atom. The van der Waals surface area contributed by atoms with Crippen molar-refractivity contribution < 1.29 is 4.74 Å². The van der Waals surface area contributed by atoms with Gasteiger partial charge in [0.05, 0.1) is 11.6 Å². The van der Waals surface area contributed by atoms with Gasteiger partial charge < -0.3 is 4.74 Å². The van der Waals surface area contributed by atoms with Crippen molar-refractivity contribution in [1.29, 1.82) is 0 Å². The zero-order valence-corrected chi connectivity index (χ0v) is 13.1. The van der Waals surface area contributed by atoms with Crippen molar-refractivity contribution in [3.05, 3.63) is 30.7 Å². The normalized spacial score (nSPS) is 26.4. The third kappa shape index (κ3) is 2.94. The number of ether oxygens (including phenoxy) is 1. The molecule has 22 heavy (non-hydrogen) atoms. The van der Waals surface area contributed by atoms with Crippen LogP contribution in [0.2, 0.25) is 0 Å². The fourth-order valence-corrected chi connectivity index (χ4v) is 4.34. The van der Waals surface area contributed by atoms with Gasteiger partial charge in [0.2, 0.25) is 0 Å². The summed E-state index contributed by atoms with van der Waals surface area (Å²) in [6.07, 6.45) is 14.8. The van der Waals surface area contributed by atoms with Gasteiger partial charge >= 0.3 is 0 Å². The highest BCUT2D eigenvalue weighted by Crippen LogP contribution is 2.40. The Bertz CT molecular complexity index is 628. The molecule has 2 fully saturated rings. The molecule has 0 aliphatic heterocycles. The standard InChI is InChI=1S/C19H24N2O/c1-2-4-14(3-1)15-5-7-17(8-6-15)22-18-9-10-19-16(11-18)12-20-13-21-19/h9-15,17H,1-8H2. The molecule has 0 saturated heterocycles. The van der Waals surface area contributed by atoms with Crippen LogP contribution in [0.4, 0.5) is 0 Å². The topological polar surface area (TPSA) is 35.0 Å². The van der Waals surface area contributed by atoms with Crippen LogP contribution in [0.25, 0.3) is 10.9 Å². The molecule has 2 aliphatic carbocycles. The van der Waals surface area contributed by atoms with Crippen LogP contribution in [0, 0.1) is 11.8 Å². The molecule has 0 radical (unpaired) electrons. The molecule has 1 heterocycles. The van der Waals surface area contributed by atoms with Crippen molar-refractivity contribution in [2.24, 2.45) is 11.8 Å². The van der Waals surface area contributed by atoms with Gasteiger partial charge in [-0.2, -0.15) is 0 Å². The summed E-state index contributed by atoms with van der Waals surface area (Å²) in [4.78, 5) is 8.34. The molecule has 2 aliphatic rings. The van der Waals surface area contributed by atoms with Crippen LogP contribution in [-0.2, 0) is 0 Å². The van der Waals surface area contributed by atoms with Gasteiger partial charge in [-0.15, -0.1) is 0 Å². The molecule has 3 nitrogen and oxygen atoms in total. The van der Waals surface area contributed by atoms with E-state index in [0.717, 1.165) is 28.5 Å². The molecule has 2 aromatic rings. The molecule has 116 valence electrons. The average molecular weight is 296 g/mol. The number of aromatic nitrogens is 2. The van der Waals surface area contributed by atoms with Crippen molar-refractivity contribution in [2.45, 2.75) is 57.5 Å². The van der Waals surface area contributed by atoms with Gasteiger partial charge in [0.25, 0.3) is 0 Å². The van der Waals surface area contributed by atoms with Crippen molar-refractivity contribution in [1.82, 2.24) is 9.97 Å². The Morgan fingerprint density at radius 2 is 1.68 bits per heavy atom. The Morgan fingerprint density at radius 1 is 0.909 bits per heavy atom. The molecule has 0 spiro atoms.